The van der Waals surface area contributed by atoms with Crippen LogP contribution in [0.4, 0.5) is 0 Å². The Balaban J connectivity index is 0. The zero-order valence-electron chi connectivity index (χ0n) is 13.2. The molecule has 2 aliphatic rings. The van der Waals surface area contributed by atoms with Crippen LogP contribution in [0, 0.1) is 0 Å². The quantitative estimate of drug-likeness (QED) is 0.810. The van der Waals surface area contributed by atoms with Gasteiger partial charge in [0, 0.05) is 12.1 Å². The standard InChI is InChI=1S/2C7H15NO.2ClH/c2*1-8(2)6-4-3-5-7(6)9;;/h2*6-7,9H,3-5H2,1-2H3;2*1H/t2*6-,7-;;/m10../s1. The third kappa shape index (κ3) is 6.92. The van der Waals surface area contributed by atoms with Crippen LogP contribution in [-0.2, 0) is 0 Å². The average molecular weight is 331 g/mol. The Labute approximate surface area is 136 Å². The Morgan fingerprint density at radius 3 is 1.05 bits per heavy atom. The van der Waals surface area contributed by atoms with Crippen molar-refractivity contribution in [3.05, 3.63) is 0 Å². The fourth-order valence-electron chi connectivity index (χ4n) is 3.05. The Morgan fingerprint density at radius 1 is 0.650 bits per heavy atom. The molecule has 2 N–H and O–H groups in total. The van der Waals surface area contributed by atoms with Crippen molar-refractivity contribution >= 4 is 24.8 Å². The van der Waals surface area contributed by atoms with Crippen LogP contribution in [0.1, 0.15) is 38.5 Å². The molecule has 0 bridgehead atoms. The van der Waals surface area contributed by atoms with Crippen LogP contribution < -0.4 is 0 Å². The van der Waals surface area contributed by atoms with Crippen LogP contribution in [0.5, 0.6) is 0 Å². The minimum Gasteiger partial charge on any atom is -0.391 e. The number of hydrogen-bond donors (Lipinski definition) is 2. The summed E-state index contributed by atoms with van der Waals surface area (Å²) in [5, 5.41) is 18.6. The molecule has 2 saturated carbocycles. The highest BCUT2D eigenvalue weighted by Crippen LogP contribution is 2.22. The van der Waals surface area contributed by atoms with Gasteiger partial charge < -0.3 is 20.0 Å². The highest BCUT2D eigenvalue weighted by molar-refractivity contribution is 5.85. The minimum atomic E-state index is -0.0694. The summed E-state index contributed by atoms with van der Waals surface area (Å²) < 4.78 is 0. The molecule has 0 unspecified atom stereocenters. The second kappa shape index (κ2) is 11.0. The third-order valence-corrected chi connectivity index (χ3v) is 4.21. The molecule has 0 heterocycles. The van der Waals surface area contributed by atoms with Gasteiger partial charge in [0.25, 0.3) is 0 Å². The normalized spacial score (nSPS) is 32.4. The van der Waals surface area contributed by atoms with E-state index in [1.807, 2.05) is 28.2 Å². The van der Waals surface area contributed by atoms with E-state index in [-0.39, 0.29) is 37.0 Å². The number of nitrogens with zero attached hydrogens (tertiary/aromatic N) is 2. The molecule has 0 radical (unpaired) electrons. The fourth-order valence-corrected chi connectivity index (χ4v) is 3.05. The first-order valence-electron chi connectivity index (χ1n) is 7.12. The smallest absolute Gasteiger partial charge is 0.0695 e. The summed E-state index contributed by atoms with van der Waals surface area (Å²) in [7, 11) is 8.11. The summed E-state index contributed by atoms with van der Waals surface area (Å²) in [5.74, 6) is 0. The van der Waals surface area contributed by atoms with E-state index in [9.17, 15) is 10.2 Å². The number of likely N-dealkylation sites (N-methyl/N-ethyl adjacent to an activating group) is 2. The van der Waals surface area contributed by atoms with Gasteiger partial charge in [-0.3, -0.25) is 0 Å². The van der Waals surface area contributed by atoms with Gasteiger partial charge in [0.15, 0.2) is 0 Å². The second-order valence-corrected chi connectivity index (χ2v) is 6.06. The summed E-state index contributed by atoms with van der Waals surface area (Å²) >= 11 is 0. The van der Waals surface area contributed by atoms with Gasteiger partial charge in [0.2, 0.25) is 0 Å². The molecule has 4 atom stereocenters. The first kappa shape index (κ1) is 22.7. The van der Waals surface area contributed by atoms with Crippen LogP contribution in [0.2, 0.25) is 0 Å². The van der Waals surface area contributed by atoms with Gasteiger partial charge in [-0.05, 0) is 66.7 Å². The Bertz CT molecular complexity index is 219. The van der Waals surface area contributed by atoms with Crippen LogP contribution in [0.15, 0.2) is 0 Å². The average Bonchev–Trinajstić information content (AvgIpc) is 2.87. The van der Waals surface area contributed by atoms with E-state index in [4.69, 9.17) is 0 Å². The van der Waals surface area contributed by atoms with E-state index in [1.54, 1.807) is 0 Å². The maximum absolute atomic E-state index is 9.32. The summed E-state index contributed by atoms with van der Waals surface area (Å²) in [6.45, 7) is 0. The molecule has 0 spiro atoms. The molecule has 20 heavy (non-hydrogen) atoms. The SMILES string of the molecule is CN(C)[C@@H]1CCC[C@H]1O.CN(C)[C@H]1CCC[C@@H]1O.Cl.Cl. The lowest BCUT2D eigenvalue weighted by atomic mass is 10.2. The van der Waals surface area contributed by atoms with Crippen molar-refractivity contribution in [3.63, 3.8) is 0 Å². The van der Waals surface area contributed by atoms with E-state index in [2.05, 4.69) is 9.80 Å². The lowest BCUT2D eigenvalue weighted by molar-refractivity contribution is 0.1000. The summed E-state index contributed by atoms with van der Waals surface area (Å²) in [5.41, 5.74) is 0. The molecule has 0 aromatic rings. The molecule has 4 nitrogen and oxygen atoms in total. The zero-order valence-corrected chi connectivity index (χ0v) is 14.8. The van der Waals surface area contributed by atoms with Crippen molar-refractivity contribution in [2.75, 3.05) is 28.2 Å². The van der Waals surface area contributed by atoms with Crippen molar-refractivity contribution in [1.82, 2.24) is 9.80 Å². The second-order valence-electron chi connectivity index (χ2n) is 6.06. The van der Waals surface area contributed by atoms with E-state index in [1.165, 1.54) is 12.8 Å². The Kier molecular flexibility index (Phi) is 12.5. The van der Waals surface area contributed by atoms with Crippen molar-refractivity contribution in [2.24, 2.45) is 0 Å². The maximum atomic E-state index is 9.32. The first-order valence-corrected chi connectivity index (χ1v) is 7.12. The number of aliphatic hydroxyl groups is 2. The largest absolute Gasteiger partial charge is 0.391 e. The number of halogens is 2. The van der Waals surface area contributed by atoms with E-state index in [0.717, 1.165) is 25.7 Å². The van der Waals surface area contributed by atoms with Gasteiger partial charge in [0.1, 0.15) is 0 Å². The lowest BCUT2D eigenvalue weighted by Gasteiger charge is -2.21. The molecule has 6 heteroatoms. The topological polar surface area (TPSA) is 46.9 Å². The molecule has 0 aromatic heterocycles. The van der Waals surface area contributed by atoms with Crippen LogP contribution in [-0.4, -0.2) is 72.5 Å². The van der Waals surface area contributed by atoms with E-state index < -0.39 is 0 Å². The predicted molar refractivity (Wildman–Crippen MR) is 89.2 cm³/mol. The van der Waals surface area contributed by atoms with E-state index in [0.29, 0.717) is 12.1 Å². The van der Waals surface area contributed by atoms with E-state index >= 15 is 0 Å². The molecule has 2 aliphatic carbocycles. The van der Waals surface area contributed by atoms with Gasteiger partial charge in [-0.2, -0.15) is 0 Å². The van der Waals surface area contributed by atoms with Gasteiger partial charge in [-0.1, -0.05) is 0 Å². The first-order chi connectivity index (χ1) is 8.43. The zero-order chi connectivity index (χ0) is 13.7. The van der Waals surface area contributed by atoms with Crippen molar-refractivity contribution in [3.8, 4) is 0 Å². The minimum absolute atomic E-state index is 0. The molecular formula is C14H32Cl2N2O2. The van der Waals surface area contributed by atoms with Crippen LogP contribution >= 0.6 is 24.8 Å². The molecule has 0 aliphatic heterocycles. The van der Waals surface area contributed by atoms with Crippen molar-refractivity contribution in [1.29, 1.82) is 0 Å². The molecule has 0 amide bonds. The molecular weight excluding hydrogens is 299 g/mol. The van der Waals surface area contributed by atoms with Gasteiger partial charge in [0.05, 0.1) is 12.2 Å². The highest BCUT2D eigenvalue weighted by Gasteiger charge is 2.26. The van der Waals surface area contributed by atoms with Gasteiger partial charge >= 0.3 is 0 Å². The summed E-state index contributed by atoms with van der Waals surface area (Å²) in [6.07, 6.45) is 6.53. The maximum Gasteiger partial charge on any atom is 0.0695 e. The lowest BCUT2D eigenvalue weighted by Crippen LogP contribution is -2.34. The molecule has 0 aromatic carbocycles. The predicted octanol–water partition coefficient (Wildman–Crippen LogP) is 1.77. The Morgan fingerprint density at radius 2 is 0.950 bits per heavy atom. The summed E-state index contributed by atoms with van der Waals surface area (Å²) in [6, 6.07) is 0.843. The monoisotopic (exact) mass is 330 g/mol. The Hall–Kier alpha value is 0.420. The summed E-state index contributed by atoms with van der Waals surface area (Å²) in [4.78, 5) is 4.22. The number of hydrogen-bond acceptors (Lipinski definition) is 4. The van der Waals surface area contributed by atoms with Crippen molar-refractivity contribution < 1.29 is 10.2 Å². The van der Waals surface area contributed by atoms with Crippen molar-refractivity contribution in [2.45, 2.75) is 62.8 Å². The molecule has 2 fully saturated rings. The molecule has 2 rings (SSSR count). The van der Waals surface area contributed by atoms with Crippen LogP contribution in [0.3, 0.4) is 0 Å². The highest BCUT2D eigenvalue weighted by atomic mass is 35.5. The van der Waals surface area contributed by atoms with Gasteiger partial charge in [-0.25, -0.2) is 0 Å². The number of rotatable bonds is 2. The molecule has 124 valence electrons. The van der Waals surface area contributed by atoms with Crippen LogP contribution in [0.25, 0.3) is 0 Å². The van der Waals surface area contributed by atoms with Gasteiger partial charge in [-0.15, -0.1) is 24.8 Å². The molecule has 0 saturated heterocycles. The number of aliphatic hydroxyl groups excluding tert-OH is 2. The fraction of sp³-hybridized carbons (Fsp3) is 1.00. The third-order valence-electron chi connectivity index (χ3n) is 4.21.